The summed E-state index contributed by atoms with van der Waals surface area (Å²) in [6.07, 6.45) is 1.85. The normalized spacial score (nSPS) is 19.4. The first-order chi connectivity index (χ1) is 8.69. The molecule has 0 aromatic heterocycles. The van der Waals surface area contributed by atoms with Crippen LogP contribution in [-0.4, -0.2) is 29.9 Å². The van der Waals surface area contributed by atoms with Gasteiger partial charge < -0.3 is 5.32 Å². The molecule has 0 aliphatic carbocycles. The molecule has 1 aliphatic heterocycles. The van der Waals surface area contributed by atoms with Gasteiger partial charge in [0.2, 0.25) is 5.91 Å². The Hall–Kier alpha value is -1.38. The van der Waals surface area contributed by atoms with Crippen LogP contribution in [0.4, 0.5) is 5.69 Å². The lowest BCUT2D eigenvalue weighted by Gasteiger charge is -2.18. The molecule has 1 amide bonds. The fourth-order valence-electron chi connectivity index (χ4n) is 2.11. The number of likely N-dealkylation sites (tertiary alicyclic amines) is 1. The van der Waals surface area contributed by atoms with Crippen molar-refractivity contribution in [1.29, 1.82) is 5.26 Å². The molecule has 1 unspecified atom stereocenters. The van der Waals surface area contributed by atoms with Crippen LogP contribution >= 0.6 is 15.9 Å². The van der Waals surface area contributed by atoms with Crippen molar-refractivity contribution in [3.05, 3.63) is 28.7 Å². The molecule has 5 heteroatoms. The standard InChI is InChI=1S/C13H14BrN3O/c14-10-3-1-4-11(7-10)16-13(18)9-17-6-2-5-12(17)8-15/h1,3-4,7,12H,2,5-6,9H2,(H,16,18). The summed E-state index contributed by atoms with van der Waals surface area (Å²) in [6.45, 7) is 1.11. The maximum atomic E-state index is 11.9. The van der Waals surface area contributed by atoms with Crippen molar-refractivity contribution < 1.29 is 4.79 Å². The van der Waals surface area contributed by atoms with Crippen LogP contribution in [0.25, 0.3) is 0 Å². The zero-order valence-electron chi connectivity index (χ0n) is 9.90. The highest BCUT2D eigenvalue weighted by Gasteiger charge is 2.25. The van der Waals surface area contributed by atoms with Gasteiger partial charge in [-0.05, 0) is 31.0 Å². The molecule has 1 atom stereocenters. The highest BCUT2D eigenvalue weighted by Crippen LogP contribution is 2.17. The molecule has 1 saturated heterocycles. The summed E-state index contributed by atoms with van der Waals surface area (Å²) in [6, 6.07) is 9.58. The van der Waals surface area contributed by atoms with Crippen molar-refractivity contribution in [2.75, 3.05) is 18.4 Å². The zero-order valence-corrected chi connectivity index (χ0v) is 11.5. The molecule has 1 aromatic carbocycles. The molecular formula is C13H14BrN3O. The lowest BCUT2D eigenvalue weighted by Crippen LogP contribution is -2.36. The van der Waals surface area contributed by atoms with E-state index in [0.29, 0.717) is 0 Å². The Morgan fingerprint density at radius 2 is 2.44 bits per heavy atom. The Balaban J connectivity index is 1.91. The molecule has 2 rings (SSSR count). The first-order valence-electron chi connectivity index (χ1n) is 5.88. The summed E-state index contributed by atoms with van der Waals surface area (Å²) < 4.78 is 0.927. The van der Waals surface area contributed by atoms with Gasteiger partial charge >= 0.3 is 0 Å². The number of nitrogens with one attached hydrogen (secondary N) is 1. The van der Waals surface area contributed by atoms with Crippen molar-refractivity contribution in [1.82, 2.24) is 4.90 Å². The Kier molecular flexibility index (Phi) is 4.34. The van der Waals surface area contributed by atoms with Crippen LogP contribution in [0, 0.1) is 11.3 Å². The van der Waals surface area contributed by atoms with Crippen LogP contribution in [0.15, 0.2) is 28.7 Å². The van der Waals surface area contributed by atoms with E-state index in [4.69, 9.17) is 5.26 Å². The van der Waals surface area contributed by atoms with Crippen LogP contribution < -0.4 is 5.32 Å². The third-order valence-electron chi connectivity index (χ3n) is 2.97. The Morgan fingerprint density at radius 3 is 3.17 bits per heavy atom. The maximum Gasteiger partial charge on any atom is 0.238 e. The van der Waals surface area contributed by atoms with Crippen LogP contribution in [0.5, 0.6) is 0 Å². The predicted octanol–water partition coefficient (Wildman–Crippen LogP) is 2.38. The molecule has 94 valence electrons. The van der Waals surface area contributed by atoms with Crippen molar-refractivity contribution in [2.45, 2.75) is 18.9 Å². The van der Waals surface area contributed by atoms with Crippen molar-refractivity contribution >= 4 is 27.5 Å². The highest BCUT2D eigenvalue weighted by atomic mass is 79.9. The largest absolute Gasteiger partial charge is 0.325 e. The summed E-state index contributed by atoms with van der Waals surface area (Å²) in [5.74, 6) is -0.0738. The predicted molar refractivity (Wildman–Crippen MR) is 73.0 cm³/mol. The van der Waals surface area contributed by atoms with Gasteiger partial charge in [-0.2, -0.15) is 5.26 Å². The minimum absolute atomic E-state index is 0.0738. The van der Waals surface area contributed by atoms with E-state index in [1.807, 2.05) is 29.2 Å². The summed E-state index contributed by atoms with van der Waals surface area (Å²) in [4.78, 5) is 13.8. The Morgan fingerprint density at radius 1 is 1.61 bits per heavy atom. The second kappa shape index (κ2) is 5.98. The van der Waals surface area contributed by atoms with Gasteiger partial charge in [0.15, 0.2) is 0 Å². The van der Waals surface area contributed by atoms with E-state index in [9.17, 15) is 4.79 Å². The quantitative estimate of drug-likeness (QED) is 0.933. The second-order valence-corrected chi connectivity index (χ2v) is 5.23. The summed E-state index contributed by atoms with van der Waals surface area (Å²) in [5.41, 5.74) is 0.766. The van der Waals surface area contributed by atoms with Crippen molar-refractivity contribution in [3.8, 4) is 6.07 Å². The van der Waals surface area contributed by atoms with Gasteiger partial charge in [0, 0.05) is 16.7 Å². The number of carbonyl (C=O) groups is 1. The van der Waals surface area contributed by atoms with Crippen molar-refractivity contribution in [3.63, 3.8) is 0 Å². The molecule has 0 bridgehead atoms. The number of rotatable bonds is 3. The second-order valence-electron chi connectivity index (χ2n) is 4.32. The smallest absolute Gasteiger partial charge is 0.238 e. The van der Waals surface area contributed by atoms with Gasteiger partial charge in [0.1, 0.15) is 0 Å². The van der Waals surface area contributed by atoms with Gasteiger partial charge in [0.05, 0.1) is 18.7 Å². The minimum Gasteiger partial charge on any atom is -0.325 e. The Labute approximate surface area is 115 Å². The lowest BCUT2D eigenvalue weighted by molar-refractivity contribution is -0.117. The number of benzene rings is 1. The summed E-state index contributed by atoms with van der Waals surface area (Å²) >= 11 is 3.36. The van der Waals surface area contributed by atoms with E-state index < -0.39 is 0 Å². The van der Waals surface area contributed by atoms with E-state index in [1.165, 1.54) is 0 Å². The number of hydrogen-bond donors (Lipinski definition) is 1. The molecule has 4 nitrogen and oxygen atoms in total. The Bertz CT molecular complexity index is 483. The summed E-state index contributed by atoms with van der Waals surface area (Å²) in [5, 5.41) is 11.8. The molecule has 1 aromatic rings. The van der Waals surface area contributed by atoms with E-state index in [-0.39, 0.29) is 18.5 Å². The van der Waals surface area contributed by atoms with Gasteiger partial charge in [-0.1, -0.05) is 22.0 Å². The number of anilines is 1. The van der Waals surface area contributed by atoms with Crippen LogP contribution in [0.1, 0.15) is 12.8 Å². The molecule has 0 spiro atoms. The SMILES string of the molecule is N#CC1CCCN1CC(=O)Nc1cccc(Br)c1. The number of carbonyl (C=O) groups excluding carboxylic acids is 1. The number of nitrogens with zero attached hydrogens (tertiary/aromatic N) is 2. The average Bonchev–Trinajstić information content (AvgIpc) is 2.76. The molecule has 0 radical (unpaired) electrons. The maximum absolute atomic E-state index is 11.9. The zero-order chi connectivity index (χ0) is 13.0. The van der Waals surface area contributed by atoms with E-state index in [1.54, 1.807) is 0 Å². The summed E-state index contributed by atoms with van der Waals surface area (Å²) in [7, 11) is 0. The fourth-order valence-corrected chi connectivity index (χ4v) is 2.51. The molecule has 18 heavy (non-hydrogen) atoms. The molecule has 1 heterocycles. The molecule has 1 N–H and O–H groups in total. The molecule has 1 aliphatic rings. The van der Waals surface area contributed by atoms with Crippen LogP contribution in [0.2, 0.25) is 0 Å². The third-order valence-corrected chi connectivity index (χ3v) is 3.46. The topological polar surface area (TPSA) is 56.1 Å². The number of amides is 1. The third kappa shape index (κ3) is 3.31. The first kappa shape index (κ1) is 13.1. The average molecular weight is 308 g/mol. The van der Waals surface area contributed by atoms with Gasteiger partial charge in [-0.25, -0.2) is 0 Å². The van der Waals surface area contributed by atoms with Crippen molar-refractivity contribution in [2.24, 2.45) is 0 Å². The number of nitriles is 1. The fraction of sp³-hybridized carbons (Fsp3) is 0.385. The van der Waals surface area contributed by atoms with E-state index in [2.05, 4.69) is 27.3 Å². The van der Waals surface area contributed by atoms with Crippen LogP contribution in [0.3, 0.4) is 0 Å². The first-order valence-corrected chi connectivity index (χ1v) is 6.67. The monoisotopic (exact) mass is 307 g/mol. The lowest BCUT2D eigenvalue weighted by atomic mass is 10.2. The van der Waals surface area contributed by atoms with E-state index in [0.717, 1.165) is 29.5 Å². The number of halogens is 1. The highest BCUT2D eigenvalue weighted by molar-refractivity contribution is 9.10. The van der Waals surface area contributed by atoms with Gasteiger partial charge in [-0.3, -0.25) is 9.69 Å². The minimum atomic E-state index is -0.113. The molecular weight excluding hydrogens is 294 g/mol. The van der Waals surface area contributed by atoms with Gasteiger partial charge in [0.25, 0.3) is 0 Å². The molecule has 1 fully saturated rings. The van der Waals surface area contributed by atoms with E-state index >= 15 is 0 Å². The molecule has 0 saturated carbocycles. The van der Waals surface area contributed by atoms with Gasteiger partial charge in [-0.15, -0.1) is 0 Å². The van der Waals surface area contributed by atoms with Crippen LogP contribution in [-0.2, 0) is 4.79 Å². The number of hydrogen-bond acceptors (Lipinski definition) is 3.